The first-order valence-electron chi connectivity index (χ1n) is 9.40. The van der Waals surface area contributed by atoms with Crippen molar-refractivity contribution >= 4 is 22.9 Å². The molecule has 0 saturated heterocycles. The van der Waals surface area contributed by atoms with Crippen LogP contribution < -0.4 is 11.1 Å². The minimum Gasteiger partial charge on any atom is -0.382 e. The van der Waals surface area contributed by atoms with E-state index < -0.39 is 23.6 Å². The Kier molecular flexibility index (Phi) is 5.12. The van der Waals surface area contributed by atoms with Gasteiger partial charge < -0.3 is 16.2 Å². The summed E-state index contributed by atoms with van der Waals surface area (Å²) in [5.41, 5.74) is 8.18. The van der Waals surface area contributed by atoms with Gasteiger partial charge in [-0.1, -0.05) is 18.2 Å². The van der Waals surface area contributed by atoms with E-state index in [1.54, 1.807) is 23.6 Å². The van der Waals surface area contributed by atoms with Gasteiger partial charge in [0.15, 0.2) is 6.10 Å². The van der Waals surface area contributed by atoms with E-state index in [0.717, 1.165) is 11.8 Å². The number of hydrogen-bond donors (Lipinski definition) is 3. The summed E-state index contributed by atoms with van der Waals surface area (Å²) in [4.78, 5) is 21.0. The largest absolute Gasteiger partial charge is 0.382 e. The molecule has 1 amide bonds. The highest BCUT2D eigenvalue weighted by Crippen LogP contribution is 2.31. The monoisotopic (exact) mass is 423 g/mol. The smallest absolute Gasteiger partial charge is 0.257 e. The molecule has 9 heteroatoms. The Balaban J connectivity index is 1.64. The van der Waals surface area contributed by atoms with Gasteiger partial charge in [-0.05, 0) is 43.7 Å². The lowest BCUT2D eigenvalue weighted by molar-refractivity contribution is -0.124. The summed E-state index contributed by atoms with van der Waals surface area (Å²) in [5, 5.41) is 12.5. The SMILES string of the molecule is Cc1cn2c(C)nc(-c3ccc(NC(=O)[C@H](O)c4cccc(F)c4)c(F)c3)c2c(N)n1. The third-order valence-corrected chi connectivity index (χ3v) is 4.86. The summed E-state index contributed by atoms with van der Waals surface area (Å²) < 4.78 is 29.9. The van der Waals surface area contributed by atoms with Gasteiger partial charge in [0.1, 0.15) is 34.5 Å². The zero-order valence-corrected chi connectivity index (χ0v) is 16.7. The molecule has 2 heterocycles. The number of carbonyl (C=O) groups is 1. The number of benzene rings is 2. The van der Waals surface area contributed by atoms with Crippen molar-refractivity contribution in [3.05, 3.63) is 77.4 Å². The van der Waals surface area contributed by atoms with Crippen LogP contribution in [0.2, 0.25) is 0 Å². The minimum atomic E-state index is -1.65. The Labute approximate surface area is 176 Å². The van der Waals surface area contributed by atoms with E-state index >= 15 is 0 Å². The highest BCUT2D eigenvalue weighted by atomic mass is 19.1. The molecular formula is C22H19F2N5O2. The second-order valence-electron chi connectivity index (χ2n) is 7.14. The maximum absolute atomic E-state index is 14.8. The van der Waals surface area contributed by atoms with E-state index in [1.807, 2.05) is 6.92 Å². The maximum atomic E-state index is 14.8. The Morgan fingerprint density at radius 1 is 1.16 bits per heavy atom. The zero-order valence-electron chi connectivity index (χ0n) is 16.7. The lowest BCUT2D eigenvalue weighted by Gasteiger charge is -2.13. The number of fused-ring (bicyclic) bond motifs is 1. The quantitative estimate of drug-likeness (QED) is 0.466. The van der Waals surface area contributed by atoms with Crippen molar-refractivity contribution in [3.63, 3.8) is 0 Å². The van der Waals surface area contributed by atoms with Crippen molar-refractivity contribution in [3.8, 4) is 11.3 Å². The third kappa shape index (κ3) is 3.82. The molecule has 0 saturated carbocycles. The van der Waals surface area contributed by atoms with Crippen molar-refractivity contribution in [1.29, 1.82) is 0 Å². The molecule has 2 aromatic heterocycles. The molecule has 4 aromatic rings. The number of nitrogens with zero attached hydrogens (tertiary/aromatic N) is 3. The predicted octanol–water partition coefficient (Wildman–Crippen LogP) is 3.55. The van der Waals surface area contributed by atoms with Crippen LogP contribution in [0, 0.1) is 25.5 Å². The van der Waals surface area contributed by atoms with Crippen molar-refractivity contribution in [2.45, 2.75) is 20.0 Å². The highest BCUT2D eigenvalue weighted by molar-refractivity contribution is 5.95. The molecule has 0 aliphatic heterocycles. The summed E-state index contributed by atoms with van der Waals surface area (Å²) in [6.07, 6.45) is 0.139. The molecular weight excluding hydrogens is 404 g/mol. The number of halogens is 2. The van der Waals surface area contributed by atoms with Gasteiger partial charge in [-0.2, -0.15) is 0 Å². The Bertz CT molecular complexity index is 1320. The summed E-state index contributed by atoms with van der Waals surface area (Å²) in [5.74, 6) is -1.27. The number of carbonyl (C=O) groups excluding carboxylic acids is 1. The van der Waals surface area contributed by atoms with Crippen LogP contribution in [0.3, 0.4) is 0 Å². The Hall–Kier alpha value is -3.85. The van der Waals surface area contributed by atoms with E-state index in [4.69, 9.17) is 5.73 Å². The van der Waals surface area contributed by atoms with Gasteiger partial charge in [0, 0.05) is 11.8 Å². The second kappa shape index (κ2) is 7.77. The molecule has 158 valence electrons. The van der Waals surface area contributed by atoms with E-state index in [2.05, 4.69) is 15.3 Å². The van der Waals surface area contributed by atoms with Gasteiger partial charge in [0.2, 0.25) is 0 Å². The minimum absolute atomic E-state index is 0.0627. The molecule has 0 fully saturated rings. The summed E-state index contributed by atoms with van der Waals surface area (Å²) in [7, 11) is 0. The van der Waals surface area contributed by atoms with E-state index in [1.165, 1.54) is 30.3 Å². The molecule has 0 aliphatic rings. The summed E-state index contributed by atoms with van der Waals surface area (Å²) >= 11 is 0. The number of nitrogens with two attached hydrogens (primary N) is 1. The van der Waals surface area contributed by atoms with Crippen LogP contribution in [0.1, 0.15) is 23.2 Å². The van der Waals surface area contributed by atoms with Crippen molar-refractivity contribution in [2.24, 2.45) is 0 Å². The summed E-state index contributed by atoms with van der Waals surface area (Å²) in [6.45, 7) is 3.61. The highest BCUT2D eigenvalue weighted by Gasteiger charge is 2.20. The molecule has 4 N–H and O–H groups in total. The van der Waals surface area contributed by atoms with Gasteiger partial charge in [-0.25, -0.2) is 18.7 Å². The predicted molar refractivity (Wildman–Crippen MR) is 112 cm³/mol. The fraction of sp³-hybridized carbons (Fsp3) is 0.136. The van der Waals surface area contributed by atoms with E-state index in [-0.39, 0.29) is 17.1 Å². The van der Waals surface area contributed by atoms with Gasteiger partial charge in [0.25, 0.3) is 5.91 Å². The second-order valence-corrected chi connectivity index (χ2v) is 7.14. The van der Waals surface area contributed by atoms with E-state index in [9.17, 15) is 18.7 Å². The molecule has 0 aliphatic carbocycles. The van der Waals surface area contributed by atoms with Crippen LogP contribution in [0.4, 0.5) is 20.3 Å². The fourth-order valence-electron chi connectivity index (χ4n) is 3.40. The van der Waals surface area contributed by atoms with Gasteiger partial charge >= 0.3 is 0 Å². The van der Waals surface area contributed by atoms with Crippen LogP contribution in [-0.2, 0) is 4.79 Å². The van der Waals surface area contributed by atoms with Gasteiger partial charge in [-0.3, -0.25) is 9.20 Å². The Morgan fingerprint density at radius 2 is 1.94 bits per heavy atom. The molecule has 1 atom stereocenters. The number of aryl methyl sites for hydroxylation is 2. The number of nitrogens with one attached hydrogen (secondary N) is 1. The number of imidazole rings is 1. The first-order valence-corrected chi connectivity index (χ1v) is 9.40. The number of nitrogen functional groups attached to an aromatic ring is 1. The van der Waals surface area contributed by atoms with Gasteiger partial charge in [-0.15, -0.1) is 0 Å². The van der Waals surface area contributed by atoms with Crippen LogP contribution in [0.5, 0.6) is 0 Å². The van der Waals surface area contributed by atoms with Crippen molar-refractivity contribution < 1.29 is 18.7 Å². The molecule has 4 rings (SSSR count). The molecule has 0 unspecified atom stereocenters. The number of aliphatic hydroxyl groups is 1. The molecule has 2 aromatic carbocycles. The number of amides is 1. The van der Waals surface area contributed by atoms with E-state index in [0.29, 0.717) is 22.6 Å². The first-order chi connectivity index (χ1) is 14.7. The van der Waals surface area contributed by atoms with Crippen molar-refractivity contribution in [2.75, 3.05) is 11.1 Å². The number of rotatable bonds is 4. The Morgan fingerprint density at radius 3 is 2.65 bits per heavy atom. The van der Waals surface area contributed by atoms with Crippen LogP contribution >= 0.6 is 0 Å². The normalized spacial score (nSPS) is 12.2. The molecule has 0 spiro atoms. The zero-order chi connectivity index (χ0) is 22.3. The maximum Gasteiger partial charge on any atom is 0.257 e. The third-order valence-electron chi connectivity index (χ3n) is 4.86. The van der Waals surface area contributed by atoms with Crippen LogP contribution in [-0.4, -0.2) is 25.4 Å². The topological polar surface area (TPSA) is 106 Å². The number of anilines is 2. The number of hydrogen-bond acceptors (Lipinski definition) is 5. The molecule has 31 heavy (non-hydrogen) atoms. The number of aliphatic hydroxyl groups excluding tert-OH is 1. The number of aromatic nitrogens is 3. The van der Waals surface area contributed by atoms with Crippen LogP contribution in [0.25, 0.3) is 16.8 Å². The van der Waals surface area contributed by atoms with Crippen molar-refractivity contribution in [1.82, 2.24) is 14.4 Å². The molecule has 0 bridgehead atoms. The lowest BCUT2D eigenvalue weighted by atomic mass is 10.1. The molecule has 7 nitrogen and oxygen atoms in total. The molecule has 0 radical (unpaired) electrons. The average Bonchev–Trinajstić information content (AvgIpc) is 3.05. The van der Waals surface area contributed by atoms with Gasteiger partial charge in [0.05, 0.1) is 11.4 Å². The standard InChI is InChI=1S/C22H19F2N5O2/c1-11-10-29-12(2)27-18(19(29)21(25)26-11)13-6-7-17(16(24)9-13)28-22(31)20(30)14-4-3-5-15(23)8-14/h3-10,20,30H,1-2H3,(H2,25,26)(H,28,31)/t20-/m1/s1. The average molecular weight is 423 g/mol. The lowest BCUT2D eigenvalue weighted by Crippen LogP contribution is -2.21. The summed E-state index contributed by atoms with van der Waals surface area (Å²) in [6, 6.07) is 9.15. The van der Waals surface area contributed by atoms with Crippen LogP contribution in [0.15, 0.2) is 48.7 Å². The fourth-order valence-corrected chi connectivity index (χ4v) is 3.40. The first kappa shape index (κ1) is 20.4.